The minimum atomic E-state index is 0.103. The lowest BCUT2D eigenvalue weighted by Gasteiger charge is -2.32. The van der Waals surface area contributed by atoms with E-state index in [9.17, 15) is 4.79 Å². The topological polar surface area (TPSA) is 44.4 Å². The van der Waals surface area contributed by atoms with Gasteiger partial charge in [-0.1, -0.05) is 6.92 Å². The molecule has 1 fully saturated rings. The molecule has 0 aliphatic carbocycles. The first-order valence-electron chi connectivity index (χ1n) is 6.76. The third kappa shape index (κ3) is 6.03. The molecule has 4 nitrogen and oxygen atoms in total. The fourth-order valence-corrected chi connectivity index (χ4v) is 2.44. The maximum atomic E-state index is 10.9. The van der Waals surface area contributed by atoms with E-state index in [-0.39, 0.29) is 5.91 Å². The van der Waals surface area contributed by atoms with Crippen molar-refractivity contribution in [2.24, 2.45) is 5.92 Å². The van der Waals surface area contributed by atoms with Crippen LogP contribution in [0.4, 0.5) is 0 Å². The first-order valence-corrected chi connectivity index (χ1v) is 6.76. The van der Waals surface area contributed by atoms with Crippen LogP contribution >= 0.6 is 0 Å². The molecule has 1 saturated heterocycles. The zero-order valence-electron chi connectivity index (χ0n) is 11.5. The van der Waals surface area contributed by atoms with E-state index in [1.807, 2.05) is 7.05 Å². The van der Waals surface area contributed by atoms with Gasteiger partial charge in [0.25, 0.3) is 0 Å². The number of nitrogens with zero attached hydrogens (tertiary/aromatic N) is 1. The van der Waals surface area contributed by atoms with E-state index in [1.54, 1.807) is 6.92 Å². The lowest BCUT2D eigenvalue weighted by Crippen LogP contribution is -2.44. The molecule has 17 heavy (non-hydrogen) atoms. The number of rotatable bonds is 6. The van der Waals surface area contributed by atoms with Crippen molar-refractivity contribution < 1.29 is 4.79 Å². The Morgan fingerprint density at radius 2 is 2.06 bits per heavy atom. The van der Waals surface area contributed by atoms with Gasteiger partial charge in [-0.2, -0.15) is 0 Å². The molecule has 0 spiro atoms. The van der Waals surface area contributed by atoms with Crippen LogP contribution in [0.25, 0.3) is 0 Å². The molecule has 0 radical (unpaired) electrons. The summed E-state index contributed by atoms with van der Waals surface area (Å²) in [6.45, 7) is 8.43. The van der Waals surface area contributed by atoms with Crippen LogP contribution in [0.3, 0.4) is 0 Å². The summed E-state index contributed by atoms with van der Waals surface area (Å²) >= 11 is 0. The molecular weight excluding hydrogens is 214 g/mol. The average Bonchev–Trinajstić information content (AvgIpc) is 2.28. The molecule has 0 saturated carbocycles. The molecule has 1 heterocycles. The van der Waals surface area contributed by atoms with E-state index < -0.39 is 0 Å². The Labute approximate surface area is 105 Å². The Morgan fingerprint density at radius 1 is 1.41 bits per heavy atom. The van der Waals surface area contributed by atoms with Crippen molar-refractivity contribution in [2.45, 2.75) is 39.2 Å². The van der Waals surface area contributed by atoms with Crippen molar-refractivity contribution in [2.75, 3.05) is 33.2 Å². The Hall–Kier alpha value is -0.610. The Bertz CT molecular complexity index is 225. The second-order valence-electron chi connectivity index (χ2n) is 5.27. The van der Waals surface area contributed by atoms with Gasteiger partial charge in [0.15, 0.2) is 0 Å². The van der Waals surface area contributed by atoms with Crippen LogP contribution < -0.4 is 10.6 Å². The van der Waals surface area contributed by atoms with E-state index in [2.05, 4.69) is 22.5 Å². The maximum Gasteiger partial charge on any atom is 0.217 e. The van der Waals surface area contributed by atoms with Crippen LogP contribution in [-0.2, 0) is 4.79 Å². The fourth-order valence-electron chi connectivity index (χ4n) is 2.44. The summed E-state index contributed by atoms with van der Waals surface area (Å²) in [5.74, 6) is 0.846. The third-order valence-electron chi connectivity index (χ3n) is 3.49. The summed E-state index contributed by atoms with van der Waals surface area (Å²) in [4.78, 5) is 13.5. The second-order valence-corrected chi connectivity index (χ2v) is 5.27. The van der Waals surface area contributed by atoms with Gasteiger partial charge in [-0.3, -0.25) is 4.79 Å². The van der Waals surface area contributed by atoms with Crippen LogP contribution in [0.2, 0.25) is 0 Å². The molecule has 2 N–H and O–H groups in total. The molecule has 4 heteroatoms. The quantitative estimate of drug-likeness (QED) is 0.724. The molecule has 1 amide bonds. The van der Waals surface area contributed by atoms with Crippen molar-refractivity contribution in [1.82, 2.24) is 15.5 Å². The summed E-state index contributed by atoms with van der Waals surface area (Å²) in [5.41, 5.74) is 0. The first-order chi connectivity index (χ1) is 8.11. The van der Waals surface area contributed by atoms with Crippen LogP contribution in [-0.4, -0.2) is 50.1 Å². The molecule has 1 rings (SSSR count). The molecule has 0 aromatic rings. The summed E-state index contributed by atoms with van der Waals surface area (Å²) in [5, 5.41) is 6.23. The van der Waals surface area contributed by atoms with Gasteiger partial charge in [0.05, 0.1) is 0 Å². The predicted molar refractivity (Wildman–Crippen MR) is 71.0 cm³/mol. The van der Waals surface area contributed by atoms with Crippen LogP contribution in [0.5, 0.6) is 0 Å². The fraction of sp³-hybridized carbons (Fsp3) is 0.923. The number of hydrogen-bond acceptors (Lipinski definition) is 3. The third-order valence-corrected chi connectivity index (χ3v) is 3.49. The first kappa shape index (κ1) is 14.5. The highest BCUT2D eigenvalue weighted by molar-refractivity contribution is 5.73. The zero-order valence-corrected chi connectivity index (χ0v) is 11.5. The van der Waals surface area contributed by atoms with Gasteiger partial charge < -0.3 is 15.5 Å². The lowest BCUT2D eigenvalue weighted by atomic mass is 10.0. The van der Waals surface area contributed by atoms with Gasteiger partial charge in [0.1, 0.15) is 0 Å². The minimum Gasteiger partial charge on any atom is -0.354 e. The van der Waals surface area contributed by atoms with Gasteiger partial charge in [0.2, 0.25) is 5.91 Å². The van der Waals surface area contributed by atoms with Gasteiger partial charge in [-0.15, -0.1) is 0 Å². The van der Waals surface area contributed by atoms with Crippen molar-refractivity contribution >= 4 is 5.91 Å². The van der Waals surface area contributed by atoms with Gasteiger partial charge in [-0.05, 0) is 45.3 Å². The monoisotopic (exact) mass is 241 g/mol. The number of carbonyl (C=O) groups is 1. The van der Waals surface area contributed by atoms with Crippen molar-refractivity contribution in [3.05, 3.63) is 0 Å². The molecule has 1 unspecified atom stereocenters. The van der Waals surface area contributed by atoms with E-state index >= 15 is 0 Å². The number of piperidine rings is 1. The largest absolute Gasteiger partial charge is 0.354 e. The molecule has 0 aromatic heterocycles. The Balaban J connectivity index is 2.12. The standard InChI is InChI=1S/C13H27N3O/c1-11(10-14-3)4-7-16-8-5-13(6-9-16)15-12(2)17/h11,13-14H,4-10H2,1-3H3,(H,15,17). The van der Waals surface area contributed by atoms with Crippen LogP contribution in [0.15, 0.2) is 0 Å². The molecule has 1 aliphatic rings. The number of likely N-dealkylation sites (tertiary alicyclic amines) is 1. The van der Waals surface area contributed by atoms with Gasteiger partial charge >= 0.3 is 0 Å². The highest BCUT2D eigenvalue weighted by atomic mass is 16.1. The van der Waals surface area contributed by atoms with Gasteiger partial charge in [0, 0.05) is 26.1 Å². The molecule has 1 aliphatic heterocycles. The number of hydrogen-bond donors (Lipinski definition) is 2. The van der Waals surface area contributed by atoms with Crippen LogP contribution in [0.1, 0.15) is 33.1 Å². The minimum absolute atomic E-state index is 0.103. The SMILES string of the molecule is CNCC(C)CCN1CCC(NC(C)=O)CC1. The number of nitrogens with one attached hydrogen (secondary N) is 2. The maximum absolute atomic E-state index is 10.9. The number of amides is 1. The molecule has 0 bridgehead atoms. The summed E-state index contributed by atoms with van der Waals surface area (Å²) in [6.07, 6.45) is 3.45. The molecule has 0 aromatic carbocycles. The molecular formula is C13H27N3O. The summed E-state index contributed by atoms with van der Waals surface area (Å²) in [7, 11) is 2.01. The van der Waals surface area contributed by atoms with Crippen molar-refractivity contribution in [3.8, 4) is 0 Å². The zero-order chi connectivity index (χ0) is 12.7. The van der Waals surface area contributed by atoms with E-state index in [1.165, 1.54) is 13.0 Å². The molecule has 1 atom stereocenters. The normalized spacial score (nSPS) is 20.2. The van der Waals surface area contributed by atoms with E-state index in [0.29, 0.717) is 6.04 Å². The van der Waals surface area contributed by atoms with Crippen LogP contribution in [0, 0.1) is 5.92 Å². The highest BCUT2D eigenvalue weighted by Gasteiger charge is 2.19. The summed E-state index contributed by atoms with van der Waals surface area (Å²) < 4.78 is 0. The lowest BCUT2D eigenvalue weighted by molar-refractivity contribution is -0.119. The Morgan fingerprint density at radius 3 is 2.59 bits per heavy atom. The predicted octanol–water partition coefficient (Wildman–Crippen LogP) is 0.833. The smallest absolute Gasteiger partial charge is 0.217 e. The van der Waals surface area contributed by atoms with E-state index in [0.717, 1.165) is 38.4 Å². The van der Waals surface area contributed by atoms with Crippen molar-refractivity contribution in [1.29, 1.82) is 0 Å². The van der Waals surface area contributed by atoms with Gasteiger partial charge in [-0.25, -0.2) is 0 Å². The Kier molecular flexibility index (Phi) is 6.52. The van der Waals surface area contributed by atoms with Crippen molar-refractivity contribution in [3.63, 3.8) is 0 Å². The highest BCUT2D eigenvalue weighted by Crippen LogP contribution is 2.12. The summed E-state index contributed by atoms with van der Waals surface area (Å²) in [6, 6.07) is 0.401. The molecule has 100 valence electrons. The average molecular weight is 241 g/mol. The second kappa shape index (κ2) is 7.67. The number of carbonyl (C=O) groups excluding carboxylic acids is 1. The van der Waals surface area contributed by atoms with E-state index in [4.69, 9.17) is 0 Å².